The molecule has 0 spiro atoms. The Hall–Kier alpha value is -2.62. The van der Waals surface area contributed by atoms with E-state index in [4.69, 9.17) is 10.00 Å². The van der Waals surface area contributed by atoms with E-state index in [1.807, 2.05) is 11.0 Å². The minimum Gasteiger partial charge on any atom is -0.469 e. The van der Waals surface area contributed by atoms with Gasteiger partial charge in [0.2, 0.25) is 0 Å². The van der Waals surface area contributed by atoms with Gasteiger partial charge in [-0.2, -0.15) is 5.26 Å². The molecule has 7 nitrogen and oxygen atoms in total. The molecule has 1 saturated heterocycles. The Kier molecular flexibility index (Phi) is 3.68. The Labute approximate surface area is 133 Å². The molecule has 1 aromatic carbocycles. The quantitative estimate of drug-likeness (QED) is 0.482. The van der Waals surface area contributed by atoms with Gasteiger partial charge in [-0.15, -0.1) is 0 Å². The molecule has 1 aliphatic heterocycles. The molecule has 2 fully saturated rings. The van der Waals surface area contributed by atoms with E-state index < -0.39 is 10.3 Å². The summed E-state index contributed by atoms with van der Waals surface area (Å²) in [4.78, 5) is 24.7. The van der Waals surface area contributed by atoms with Crippen LogP contribution in [0.4, 0.5) is 11.4 Å². The number of rotatable bonds is 3. The molecule has 0 radical (unpaired) electrons. The summed E-state index contributed by atoms with van der Waals surface area (Å²) in [6, 6.07) is 6.40. The second kappa shape index (κ2) is 5.54. The van der Waals surface area contributed by atoms with Crippen molar-refractivity contribution in [1.82, 2.24) is 0 Å². The van der Waals surface area contributed by atoms with Gasteiger partial charge in [0.05, 0.1) is 17.4 Å². The van der Waals surface area contributed by atoms with Crippen LogP contribution in [-0.4, -0.2) is 31.1 Å². The van der Waals surface area contributed by atoms with Crippen molar-refractivity contribution < 1.29 is 14.5 Å². The maximum atomic E-state index is 12.3. The first-order valence-electron chi connectivity index (χ1n) is 7.54. The van der Waals surface area contributed by atoms with E-state index in [0.717, 1.165) is 24.9 Å². The monoisotopic (exact) mass is 315 g/mol. The number of fused-ring (bicyclic) bond motifs is 1. The minimum absolute atomic E-state index is 0.0386. The Morgan fingerprint density at radius 3 is 3.00 bits per heavy atom. The van der Waals surface area contributed by atoms with Crippen LogP contribution in [-0.2, 0) is 9.53 Å². The molecule has 1 saturated carbocycles. The fourth-order valence-corrected chi connectivity index (χ4v) is 3.99. The van der Waals surface area contributed by atoms with Gasteiger partial charge in [0, 0.05) is 24.8 Å². The fourth-order valence-electron chi connectivity index (χ4n) is 3.99. The number of nitrogens with zero attached hydrogens (tertiary/aromatic N) is 3. The number of hydrogen-bond donors (Lipinski definition) is 0. The third kappa shape index (κ3) is 2.31. The molecule has 0 bridgehead atoms. The van der Waals surface area contributed by atoms with Gasteiger partial charge in [-0.3, -0.25) is 14.9 Å². The fraction of sp³-hybridized carbons (Fsp3) is 0.500. The summed E-state index contributed by atoms with van der Waals surface area (Å²) in [5, 5.41) is 20.1. The first kappa shape index (κ1) is 15.3. The maximum absolute atomic E-state index is 12.3. The number of nitro benzene ring substituents is 1. The minimum atomic E-state index is -0.559. The van der Waals surface area contributed by atoms with Crippen LogP contribution in [0, 0.1) is 32.8 Å². The molecule has 0 amide bonds. The second-order valence-corrected chi connectivity index (χ2v) is 6.19. The zero-order chi connectivity index (χ0) is 16.6. The highest BCUT2D eigenvalue weighted by molar-refractivity contribution is 5.80. The lowest BCUT2D eigenvalue weighted by Crippen LogP contribution is -2.36. The van der Waals surface area contributed by atoms with Crippen LogP contribution in [0.25, 0.3) is 0 Å². The predicted molar refractivity (Wildman–Crippen MR) is 81.8 cm³/mol. The van der Waals surface area contributed by atoms with Crippen molar-refractivity contribution in [1.29, 1.82) is 5.26 Å². The summed E-state index contributed by atoms with van der Waals surface area (Å²) in [5.41, 5.74) is 0.100. The number of nitriles is 1. The molecule has 0 aromatic heterocycles. The molecule has 2 atom stereocenters. The van der Waals surface area contributed by atoms with Gasteiger partial charge in [-0.05, 0) is 30.9 Å². The van der Waals surface area contributed by atoms with Crippen LogP contribution in [0.15, 0.2) is 18.2 Å². The van der Waals surface area contributed by atoms with E-state index in [0.29, 0.717) is 13.1 Å². The first-order chi connectivity index (χ1) is 11.0. The van der Waals surface area contributed by atoms with Crippen LogP contribution < -0.4 is 4.90 Å². The standard InChI is InChI=1S/C16H17N3O4/c1-23-15(20)16-6-2-3-12(16)9-18(10-16)13-4-5-14(19(21)22)11(7-13)8-17/h4-5,7,12H,2-3,6,9-10H2,1H3. The molecule has 2 unspecified atom stereocenters. The topological polar surface area (TPSA) is 96.5 Å². The van der Waals surface area contributed by atoms with Gasteiger partial charge in [0.15, 0.2) is 0 Å². The van der Waals surface area contributed by atoms with Crippen LogP contribution in [0.5, 0.6) is 0 Å². The summed E-state index contributed by atoms with van der Waals surface area (Å²) < 4.78 is 5.01. The summed E-state index contributed by atoms with van der Waals surface area (Å²) in [5.74, 6) is 0.0561. The molecular weight excluding hydrogens is 298 g/mol. The molecule has 2 aliphatic rings. The molecule has 0 N–H and O–H groups in total. The summed E-state index contributed by atoms with van der Waals surface area (Å²) in [6.45, 7) is 1.24. The molecule has 3 rings (SSSR count). The van der Waals surface area contributed by atoms with Crippen LogP contribution >= 0.6 is 0 Å². The second-order valence-electron chi connectivity index (χ2n) is 6.19. The third-order valence-corrected chi connectivity index (χ3v) is 5.13. The van der Waals surface area contributed by atoms with Crippen molar-refractivity contribution in [3.05, 3.63) is 33.9 Å². The van der Waals surface area contributed by atoms with Crippen molar-refractivity contribution >= 4 is 17.3 Å². The first-order valence-corrected chi connectivity index (χ1v) is 7.54. The van der Waals surface area contributed by atoms with E-state index in [1.165, 1.54) is 19.2 Å². The number of nitro groups is 1. The average molecular weight is 315 g/mol. The number of carbonyl (C=O) groups is 1. The van der Waals surface area contributed by atoms with Crippen molar-refractivity contribution in [3.8, 4) is 6.07 Å². The maximum Gasteiger partial charge on any atom is 0.313 e. The number of benzene rings is 1. The Morgan fingerprint density at radius 1 is 1.57 bits per heavy atom. The molecule has 1 heterocycles. The van der Waals surface area contributed by atoms with Gasteiger partial charge in [-0.1, -0.05) is 6.42 Å². The summed E-state index contributed by atoms with van der Waals surface area (Å²) >= 11 is 0. The molecule has 1 aliphatic carbocycles. The van der Waals surface area contributed by atoms with Gasteiger partial charge in [0.25, 0.3) is 5.69 Å². The lowest BCUT2D eigenvalue weighted by Gasteiger charge is -2.26. The zero-order valence-electron chi connectivity index (χ0n) is 12.8. The number of hydrogen-bond acceptors (Lipinski definition) is 6. The smallest absolute Gasteiger partial charge is 0.313 e. The van der Waals surface area contributed by atoms with Crippen LogP contribution in [0.1, 0.15) is 24.8 Å². The Bertz CT molecular complexity index is 712. The summed E-state index contributed by atoms with van der Waals surface area (Å²) in [7, 11) is 1.41. The number of esters is 1. The Morgan fingerprint density at radius 2 is 2.35 bits per heavy atom. The van der Waals surface area contributed by atoms with Gasteiger partial charge >= 0.3 is 5.97 Å². The van der Waals surface area contributed by atoms with E-state index in [9.17, 15) is 14.9 Å². The average Bonchev–Trinajstić information content (AvgIpc) is 3.11. The zero-order valence-corrected chi connectivity index (χ0v) is 12.8. The number of carbonyl (C=O) groups excluding carboxylic acids is 1. The van der Waals surface area contributed by atoms with Crippen molar-refractivity contribution in [2.75, 3.05) is 25.1 Å². The van der Waals surface area contributed by atoms with Gasteiger partial charge in [0.1, 0.15) is 11.6 Å². The SMILES string of the molecule is COC(=O)C12CCCC1CN(c1ccc([N+](=O)[O-])c(C#N)c1)C2. The lowest BCUT2D eigenvalue weighted by atomic mass is 9.81. The lowest BCUT2D eigenvalue weighted by molar-refractivity contribution is -0.385. The van der Waals surface area contributed by atoms with Crippen molar-refractivity contribution in [2.24, 2.45) is 11.3 Å². The van der Waals surface area contributed by atoms with E-state index in [1.54, 1.807) is 6.07 Å². The van der Waals surface area contributed by atoms with E-state index in [-0.39, 0.29) is 23.1 Å². The van der Waals surface area contributed by atoms with Gasteiger partial charge in [-0.25, -0.2) is 0 Å². The van der Waals surface area contributed by atoms with Gasteiger partial charge < -0.3 is 9.64 Å². The summed E-state index contributed by atoms with van der Waals surface area (Å²) in [6.07, 6.45) is 2.79. The van der Waals surface area contributed by atoms with Crippen molar-refractivity contribution in [3.63, 3.8) is 0 Å². The highest BCUT2D eigenvalue weighted by Gasteiger charge is 2.55. The number of anilines is 1. The highest BCUT2D eigenvalue weighted by Crippen LogP contribution is 2.50. The predicted octanol–water partition coefficient (Wildman–Crippen LogP) is 2.25. The molecule has 23 heavy (non-hydrogen) atoms. The Balaban J connectivity index is 1.92. The highest BCUT2D eigenvalue weighted by atomic mass is 16.6. The van der Waals surface area contributed by atoms with Crippen molar-refractivity contribution in [2.45, 2.75) is 19.3 Å². The molecule has 1 aromatic rings. The number of methoxy groups -OCH3 is 1. The third-order valence-electron chi connectivity index (χ3n) is 5.13. The molecular formula is C16H17N3O4. The van der Waals surface area contributed by atoms with E-state index >= 15 is 0 Å². The molecule has 120 valence electrons. The largest absolute Gasteiger partial charge is 0.469 e. The normalized spacial score (nSPS) is 25.7. The van der Waals surface area contributed by atoms with Crippen LogP contribution in [0.2, 0.25) is 0 Å². The van der Waals surface area contributed by atoms with Crippen LogP contribution in [0.3, 0.4) is 0 Å². The number of ether oxygens (including phenoxy) is 1. The van der Waals surface area contributed by atoms with E-state index in [2.05, 4.69) is 0 Å². The molecule has 7 heteroatoms.